The van der Waals surface area contributed by atoms with Gasteiger partial charge >= 0.3 is 11.9 Å². The Morgan fingerprint density at radius 3 is 2.53 bits per heavy atom. The molecule has 0 atom stereocenters. The minimum Gasteiger partial charge on any atom is -0.482 e. The fourth-order valence-electron chi connectivity index (χ4n) is 2.94. The van der Waals surface area contributed by atoms with Crippen LogP contribution in [-0.4, -0.2) is 51.7 Å². The van der Waals surface area contributed by atoms with Gasteiger partial charge in [0.05, 0.1) is 24.5 Å². The first-order valence-electron chi connectivity index (χ1n) is 10.7. The largest absolute Gasteiger partial charge is 0.482 e. The summed E-state index contributed by atoms with van der Waals surface area (Å²) >= 11 is 1.92. The molecule has 2 heterocycles. The molecular formula is C22H24FN5O6S2. The summed E-state index contributed by atoms with van der Waals surface area (Å²) in [7, 11) is 0. The zero-order valence-corrected chi connectivity index (χ0v) is 21.3. The van der Waals surface area contributed by atoms with E-state index < -0.39 is 23.7 Å². The van der Waals surface area contributed by atoms with Crippen molar-refractivity contribution in [1.29, 1.82) is 0 Å². The summed E-state index contributed by atoms with van der Waals surface area (Å²) in [4.78, 5) is 37.6. The van der Waals surface area contributed by atoms with E-state index in [1.54, 1.807) is 26.8 Å². The number of carbonyl (C=O) groups excluding carboxylic acids is 3. The maximum absolute atomic E-state index is 13.7. The molecule has 0 bridgehead atoms. The van der Waals surface area contributed by atoms with Gasteiger partial charge < -0.3 is 25.4 Å². The maximum Gasteiger partial charge on any atom is 0.348 e. The van der Waals surface area contributed by atoms with Gasteiger partial charge in [-0.1, -0.05) is 23.9 Å². The summed E-state index contributed by atoms with van der Waals surface area (Å²) in [5.74, 6) is 3.86. The van der Waals surface area contributed by atoms with Gasteiger partial charge in [0.25, 0.3) is 0 Å². The number of hydrogen-bond acceptors (Lipinski definition) is 11. The number of aromatic nitrogens is 3. The van der Waals surface area contributed by atoms with E-state index in [2.05, 4.69) is 15.5 Å². The Morgan fingerprint density at radius 1 is 1.14 bits per heavy atom. The number of nitrogen functional groups attached to an aromatic ring is 1. The fraction of sp³-hybridized carbons (Fsp3) is 0.318. The van der Waals surface area contributed by atoms with E-state index in [9.17, 15) is 18.8 Å². The predicted molar refractivity (Wildman–Crippen MR) is 131 cm³/mol. The summed E-state index contributed by atoms with van der Waals surface area (Å²) in [6.45, 7) is 5.06. The standard InChI is InChI=1S/C22H24FN5O6S2/c1-4-32-20(30)17-12(3)18(21(31)33-5-2)36-19(17)25-16(29)11-35-22-27-26-15(28(22)24)10-34-14-9-7-6-8-13(14)23/h6-9H,4-5,10-11,24H2,1-3H3,(H,25,29). The molecule has 0 unspecified atom stereocenters. The van der Waals surface area contributed by atoms with Gasteiger partial charge in [-0.3, -0.25) is 4.79 Å². The Morgan fingerprint density at radius 2 is 1.83 bits per heavy atom. The van der Waals surface area contributed by atoms with E-state index in [0.29, 0.717) is 5.56 Å². The highest BCUT2D eigenvalue weighted by atomic mass is 32.2. The number of hydrogen-bond donors (Lipinski definition) is 2. The number of thioether (sulfide) groups is 1. The topological polar surface area (TPSA) is 148 Å². The van der Waals surface area contributed by atoms with Crippen molar-refractivity contribution in [3.63, 3.8) is 0 Å². The van der Waals surface area contributed by atoms with Crippen molar-refractivity contribution in [3.05, 3.63) is 51.9 Å². The van der Waals surface area contributed by atoms with E-state index in [1.807, 2.05) is 0 Å². The molecule has 0 fully saturated rings. The Kier molecular flexibility index (Phi) is 9.25. The molecule has 3 rings (SSSR count). The third kappa shape index (κ3) is 6.31. The van der Waals surface area contributed by atoms with Crippen LogP contribution in [0.2, 0.25) is 0 Å². The second-order valence-electron chi connectivity index (χ2n) is 7.03. The molecule has 36 heavy (non-hydrogen) atoms. The number of nitrogens with one attached hydrogen (secondary N) is 1. The second kappa shape index (κ2) is 12.4. The normalized spacial score (nSPS) is 10.7. The van der Waals surface area contributed by atoms with Gasteiger partial charge in [-0.25, -0.2) is 18.7 Å². The van der Waals surface area contributed by atoms with Crippen LogP contribution in [0.5, 0.6) is 5.75 Å². The second-order valence-corrected chi connectivity index (χ2v) is 8.99. The zero-order chi connectivity index (χ0) is 26.2. The lowest BCUT2D eigenvalue weighted by Crippen LogP contribution is -2.19. The fourth-order valence-corrected chi connectivity index (χ4v) is 4.72. The summed E-state index contributed by atoms with van der Waals surface area (Å²) in [6.07, 6.45) is 0. The number of nitrogens with zero attached hydrogens (tertiary/aromatic N) is 3. The number of anilines is 1. The Hall–Kier alpha value is -3.65. The molecule has 0 aliphatic rings. The highest BCUT2D eigenvalue weighted by Gasteiger charge is 2.27. The average molecular weight is 538 g/mol. The van der Waals surface area contributed by atoms with Crippen LogP contribution in [0.25, 0.3) is 0 Å². The molecule has 1 aromatic carbocycles. The molecule has 2 aromatic heterocycles. The zero-order valence-electron chi connectivity index (χ0n) is 19.7. The lowest BCUT2D eigenvalue weighted by Gasteiger charge is -2.08. The molecule has 11 nitrogen and oxygen atoms in total. The quantitative estimate of drug-likeness (QED) is 0.212. The number of para-hydroxylation sites is 1. The molecular weight excluding hydrogens is 513 g/mol. The van der Waals surface area contributed by atoms with Crippen molar-refractivity contribution in [1.82, 2.24) is 14.9 Å². The Labute approximate surface area is 214 Å². The number of esters is 2. The smallest absolute Gasteiger partial charge is 0.348 e. The van der Waals surface area contributed by atoms with Crippen molar-refractivity contribution in [2.75, 3.05) is 30.1 Å². The molecule has 1 amide bonds. The number of ether oxygens (including phenoxy) is 3. The lowest BCUT2D eigenvalue weighted by molar-refractivity contribution is -0.113. The summed E-state index contributed by atoms with van der Waals surface area (Å²) < 4.78 is 30.3. The molecule has 3 N–H and O–H groups in total. The predicted octanol–water partition coefficient (Wildman–Crippen LogP) is 3.16. The van der Waals surface area contributed by atoms with E-state index in [0.717, 1.165) is 27.8 Å². The van der Waals surface area contributed by atoms with Crippen molar-refractivity contribution < 1.29 is 33.0 Å². The van der Waals surface area contributed by atoms with E-state index in [4.69, 9.17) is 20.1 Å². The summed E-state index contributed by atoms with van der Waals surface area (Å²) in [6, 6.07) is 5.90. The molecule has 0 aliphatic carbocycles. The number of thiophene rings is 1. The summed E-state index contributed by atoms with van der Waals surface area (Å²) in [5.41, 5.74) is 0.457. The van der Waals surface area contributed by atoms with E-state index >= 15 is 0 Å². The highest BCUT2D eigenvalue weighted by molar-refractivity contribution is 7.99. The minimum atomic E-state index is -0.661. The maximum atomic E-state index is 13.7. The third-order valence-corrected chi connectivity index (χ3v) is 6.73. The first-order valence-corrected chi connectivity index (χ1v) is 12.5. The lowest BCUT2D eigenvalue weighted by atomic mass is 10.1. The van der Waals surface area contributed by atoms with Gasteiger partial charge in [-0.15, -0.1) is 21.5 Å². The third-order valence-electron chi connectivity index (χ3n) is 4.60. The monoisotopic (exact) mass is 537 g/mol. The van der Waals surface area contributed by atoms with Gasteiger partial charge in [-0.2, -0.15) is 0 Å². The Balaban J connectivity index is 1.67. The SMILES string of the molecule is CCOC(=O)c1sc(NC(=O)CSc2nnc(COc3ccccc3F)n2N)c(C(=O)OCC)c1C. The van der Waals surface area contributed by atoms with Crippen molar-refractivity contribution in [2.45, 2.75) is 32.5 Å². The van der Waals surface area contributed by atoms with Gasteiger partial charge in [0.2, 0.25) is 11.1 Å². The molecule has 14 heteroatoms. The first-order chi connectivity index (χ1) is 17.3. The van der Waals surface area contributed by atoms with Crippen LogP contribution in [0.4, 0.5) is 9.39 Å². The molecule has 0 saturated carbocycles. The highest BCUT2D eigenvalue weighted by Crippen LogP contribution is 2.34. The Bertz CT molecular complexity index is 1260. The molecule has 0 radical (unpaired) electrons. The van der Waals surface area contributed by atoms with E-state index in [1.165, 1.54) is 18.2 Å². The van der Waals surface area contributed by atoms with Crippen LogP contribution in [0.15, 0.2) is 29.4 Å². The molecule has 3 aromatic rings. The number of rotatable bonds is 11. The van der Waals surface area contributed by atoms with Crippen LogP contribution in [0, 0.1) is 12.7 Å². The van der Waals surface area contributed by atoms with Gasteiger partial charge in [0.1, 0.15) is 16.5 Å². The molecule has 0 saturated heterocycles. The van der Waals surface area contributed by atoms with Gasteiger partial charge in [-0.05, 0) is 38.5 Å². The molecule has 0 aliphatic heterocycles. The summed E-state index contributed by atoms with van der Waals surface area (Å²) in [5, 5.41) is 10.9. The number of carbonyl (C=O) groups is 3. The molecule has 0 spiro atoms. The average Bonchev–Trinajstić information content (AvgIpc) is 3.36. The number of benzene rings is 1. The van der Waals surface area contributed by atoms with E-state index in [-0.39, 0.29) is 57.7 Å². The van der Waals surface area contributed by atoms with Crippen LogP contribution in [0.1, 0.15) is 45.3 Å². The minimum absolute atomic E-state index is 0.0416. The van der Waals surface area contributed by atoms with Crippen LogP contribution < -0.4 is 15.9 Å². The number of halogens is 1. The number of nitrogens with two attached hydrogens (primary N) is 1. The van der Waals surface area contributed by atoms with Crippen LogP contribution in [-0.2, 0) is 20.9 Å². The van der Waals surface area contributed by atoms with Crippen molar-refractivity contribution in [3.8, 4) is 5.75 Å². The van der Waals surface area contributed by atoms with Crippen molar-refractivity contribution >= 4 is 45.9 Å². The van der Waals surface area contributed by atoms with Crippen LogP contribution in [0.3, 0.4) is 0 Å². The number of amides is 1. The van der Waals surface area contributed by atoms with Gasteiger partial charge in [0, 0.05) is 0 Å². The first kappa shape index (κ1) is 26.9. The molecule has 192 valence electrons. The van der Waals surface area contributed by atoms with Gasteiger partial charge in [0.15, 0.2) is 17.4 Å². The van der Waals surface area contributed by atoms with Crippen LogP contribution >= 0.6 is 23.1 Å². The van der Waals surface area contributed by atoms with Crippen molar-refractivity contribution in [2.24, 2.45) is 0 Å².